The van der Waals surface area contributed by atoms with Gasteiger partial charge in [-0.2, -0.15) is 0 Å². The third-order valence-electron chi connectivity index (χ3n) is 4.57. The van der Waals surface area contributed by atoms with E-state index >= 15 is 0 Å². The van der Waals surface area contributed by atoms with Gasteiger partial charge in [-0.3, -0.25) is 0 Å². The summed E-state index contributed by atoms with van der Waals surface area (Å²) in [7, 11) is 5.80. The quantitative estimate of drug-likeness (QED) is 0.597. The summed E-state index contributed by atoms with van der Waals surface area (Å²) >= 11 is -1.04. The van der Waals surface area contributed by atoms with Crippen molar-refractivity contribution in [3.8, 4) is 22.5 Å². The fraction of sp³-hybridized carbons (Fsp3) is 0.286. The largest absolute Gasteiger partial charge is 0.612 e. The average Bonchev–Trinajstić information content (AvgIpc) is 2.73. The molecule has 0 aliphatic heterocycles. The van der Waals surface area contributed by atoms with Crippen molar-refractivity contribution < 1.29 is 9.66 Å². The summed E-state index contributed by atoms with van der Waals surface area (Å²) in [5.41, 5.74) is 4.21. The Balaban J connectivity index is 2.09. The van der Waals surface area contributed by atoms with E-state index in [1.165, 1.54) is 0 Å². The SMILES string of the molecule is CN(C)c1ccc(-c2nc(N(C)CCO)nnc2-c2ccc([S+](C)[O-])cc2)cc1. The molecular formula is C21H25N5O2S. The molecule has 0 amide bonds. The maximum atomic E-state index is 11.7. The van der Waals surface area contributed by atoms with Gasteiger partial charge in [0.1, 0.15) is 17.6 Å². The Hall–Kier alpha value is -2.68. The molecule has 29 heavy (non-hydrogen) atoms. The first-order valence-electron chi connectivity index (χ1n) is 9.19. The molecule has 1 N–H and O–H groups in total. The third kappa shape index (κ3) is 4.84. The highest BCUT2D eigenvalue weighted by molar-refractivity contribution is 7.90. The van der Waals surface area contributed by atoms with Crippen LogP contribution in [0.2, 0.25) is 0 Å². The molecular weight excluding hydrogens is 386 g/mol. The summed E-state index contributed by atoms with van der Waals surface area (Å²) in [6, 6.07) is 15.5. The number of hydrogen-bond donors (Lipinski definition) is 1. The van der Waals surface area contributed by atoms with E-state index in [1.807, 2.05) is 74.6 Å². The average molecular weight is 412 g/mol. The van der Waals surface area contributed by atoms with E-state index in [9.17, 15) is 9.66 Å². The minimum atomic E-state index is -1.04. The number of likely N-dealkylation sites (N-methyl/N-ethyl adjacent to an activating group) is 1. The molecule has 2 aromatic carbocycles. The second-order valence-corrected chi connectivity index (χ2v) is 8.25. The Morgan fingerprint density at radius 2 is 1.48 bits per heavy atom. The second-order valence-electron chi connectivity index (χ2n) is 6.87. The van der Waals surface area contributed by atoms with Crippen molar-refractivity contribution in [1.29, 1.82) is 0 Å². The lowest BCUT2D eigenvalue weighted by Crippen LogP contribution is -2.24. The number of hydrogen-bond acceptors (Lipinski definition) is 7. The smallest absolute Gasteiger partial charge is 0.245 e. The summed E-state index contributed by atoms with van der Waals surface area (Å²) in [5, 5.41) is 17.9. The fourth-order valence-electron chi connectivity index (χ4n) is 2.85. The molecule has 0 bridgehead atoms. The van der Waals surface area contributed by atoms with Crippen LogP contribution in [-0.2, 0) is 11.2 Å². The van der Waals surface area contributed by atoms with Gasteiger partial charge < -0.3 is 19.5 Å². The van der Waals surface area contributed by atoms with Gasteiger partial charge in [-0.25, -0.2) is 4.98 Å². The van der Waals surface area contributed by atoms with E-state index in [4.69, 9.17) is 4.98 Å². The zero-order chi connectivity index (χ0) is 21.0. The van der Waals surface area contributed by atoms with Gasteiger partial charge >= 0.3 is 0 Å². The lowest BCUT2D eigenvalue weighted by atomic mass is 10.0. The predicted octanol–water partition coefficient (Wildman–Crippen LogP) is 2.44. The lowest BCUT2D eigenvalue weighted by molar-refractivity contribution is 0.303. The second kappa shape index (κ2) is 9.21. The lowest BCUT2D eigenvalue weighted by Gasteiger charge is -2.18. The summed E-state index contributed by atoms with van der Waals surface area (Å²) in [5.74, 6) is 0.445. The van der Waals surface area contributed by atoms with Gasteiger partial charge in [0, 0.05) is 44.5 Å². The van der Waals surface area contributed by atoms with Crippen LogP contribution >= 0.6 is 0 Å². The standard InChI is InChI=1S/C21H25N5O2S/c1-25(2)17-9-5-15(6-10-17)19-20(16-7-11-18(12-8-16)29(4)28)23-24-21(22-19)26(3)13-14-27/h5-12,27H,13-14H2,1-4H3. The normalized spacial score (nSPS) is 11.9. The van der Waals surface area contributed by atoms with E-state index < -0.39 is 11.2 Å². The number of aromatic nitrogens is 3. The van der Waals surface area contributed by atoms with Crippen LogP contribution in [0.25, 0.3) is 22.5 Å². The molecule has 1 heterocycles. The molecule has 0 saturated carbocycles. The van der Waals surface area contributed by atoms with Crippen molar-refractivity contribution in [2.45, 2.75) is 4.90 Å². The van der Waals surface area contributed by atoms with Crippen molar-refractivity contribution >= 4 is 22.8 Å². The van der Waals surface area contributed by atoms with Crippen molar-refractivity contribution in [3.05, 3.63) is 48.5 Å². The van der Waals surface area contributed by atoms with Gasteiger partial charge in [-0.15, -0.1) is 10.2 Å². The highest BCUT2D eigenvalue weighted by atomic mass is 32.2. The number of nitrogens with zero attached hydrogens (tertiary/aromatic N) is 5. The van der Waals surface area contributed by atoms with Gasteiger partial charge in [0.05, 0.1) is 6.61 Å². The molecule has 8 heteroatoms. The number of aliphatic hydroxyl groups is 1. The van der Waals surface area contributed by atoms with Crippen LogP contribution in [0, 0.1) is 0 Å². The summed E-state index contributed by atoms with van der Waals surface area (Å²) < 4.78 is 11.7. The van der Waals surface area contributed by atoms with E-state index in [0.29, 0.717) is 23.9 Å². The van der Waals surface area contributed by atoms with E-state index in [0.717, 1.165) is 21.7 Å². The van der Waals surface area contributed by atoms with Crippen molar-refractivity contribution in [2.75, 3.05) is 50.4 Å². The topological polar surface area (TPSA) is 88.4 Å². The molecule has 0 aliphatic rings. The minimum Gasteiger partial charge on any atom is -0.612 e. The number of anilines is 2. The Kier molecular flexibility index (Phi) is 6.68. The molecule has 0 aliphatic carbocycles. The van der Waals surface area contributed by atoms with Crippen molar-refractivity contribution in [2.24, 2.45) is 0 Å². The molecule has 0 radical (unpaired) electrons. The fourth-order valence-corrected chi connectivity index (χ4v) is 3.37. The number of benzene rings is 2. The molecule has 1 unspecified atom stereocenters. The molecule has 0 spiro atoms. The molecule has 3 rings (SSSR count). The molecule has 0 fully saturated rings. The highest BCUT2D eigenvalue weighted by Gasteiger charge is 2.16. The van der Waals surface area contributed by atoms with Crippen molar-refractivity contribution in [3.63, 3.8) is 0 Å². The monoisotopic (exact) mass is 411 g/mol. The summed E-state index contributed by atoms with van der Waals surface area (Å²) in [4.78, 5) is 9.29. The molecule has 3 aromatic rings. The molecule has 1 aromatic heterocycles. The third-order valence-corrected chi connectivity index (χ3v) is 5.51. The van der Waals surface area contributed by atoms with Crippen LogP contribution in [0.3, 0.4) is 0 Å². The molecule has 152 valence electrons. The van der Waals surface area contributed by atoms with E-state index in [2.05, 4.69) is 10.2 Å². The number of rotatable bonds is 7. The first-order valence-corrected chi connectivity index (χ1v) is 10.7. The maximum absolute atomic E-state index is 11.7. The number of aliphatic hydroxyl groups excluding tert-OH is 1. The van der Waals surface area contributed by atoms with Gasteiger partial charge in [-0.1, -0.05) is 12.1 Å². The highest BCUT2D eigenvalue weighted by Crippen LogP contribution is 2.31. The molecule has 1 atom stereocenters. The minimum absolute atomic E-state index is 0.00406. The van der Waals surface area contributed by atoms with Gasteiger partial charge in [0.15, 0.2) is 4.90 Å². The Morgan fingerprint density at radius 3 is 2.03 bits per heavy atom. The Bertz CT molecular complexity index is 946. The first kappa shape index (κ1) is 21.0. The summed E-state index contributed by atoms with van der Waals surface area (Å²) in [6.45, 7) is 0.418. The van der Waals surface area contributed by atoms with Crippen LogP contribution in [0.1, 0.15) is 0 Å². The van der Waals surface area contributed by atoms with E-state index in [-0.39, 0.29) is 6.61 Å². The Morgan fingerprint density at radius 1 is 0.897 bits per heavy atom. The predicted molar refractivity (Wildman–Crippen MR) is 118 cm³/mol. The van der Waals surface area contributed by atoms with Gasteiger partial charge in [0.2, 0.25) is 5.95 Å². The first-order chi connectivity index (χ1) is 13.9. The van der Waals surface area contributed by atoms with Crippen LogP contribution in [-0.4, -0.2) is 65.4 Å². The Labute approximate surface area is 174 Å². The van der Waals surface area contributed by atoms with Gasteiger partial charge in [-0.05, 0) is 47.6 Å². The van der Waals surface area contributed by atoms with E-state index in [1.54, 1.807) is 11.2 Å². The summed E-state index contributed by atoms with van der Waals surface area (Å²) in [6.07, 6.45) is 1.65. The van der Waals surface area contributed by atoms with Crippen LogP contribution in [0.4, 0.5) is 11.6 Å². The van der Waals surface area contributed by atoms with Gasteiger partial charge in [0.25, 0.3) is 0 Å². The zero-order valence-corrected chi connectivity index (χ0v) is 17.8. The van der Waals surface area contributed by atoms with Crippen molar-refractivity contribution in [1.82, 2.24) is 15.2 Å². The maximum Gasteiger partial charge on any atom is 0.245 e. The van der Waals surface area contributed by atoms with Crippen LogP contribution in [0.15, 0.2) is 53.4 Å². The van der Waals surface area contributed by atoms with Crippen LogP contribution in [0.5, 0.6) is 0 Å². The molecule has 0 saturated heterocycles. The molecule has 7 nitrogen and oxygen atoms in total. The zero-order valence-electron chi connectivity index (χ0n) is 17.0. The van der Waals surface area contributed by atoms with Crippen LogP contribution < -0.4 is 9.80 Å².